The first-order valence-electron chi connectivity index (χ1n) is 5.97. The van der Waals surface area contributed by atoms with Gasteiger partial charge in [0.05, 0.1) is 5.69 Å². The summed E-state index contributed by atoms with van der Waals surface area (Å²) in [5.41, 5.74) is -1.76. The van der Waals surface area contributed by atoms with Crippen molar-refractivity contribution in [1.82, 2.24) is 14.9 Å². The van der Waals surface area contributed by atoms with Crippen LogP contribution in [0.25, 0.3) is 5.69 Å². The fourth-order valence-electron chi connectivity index (χ4n) is 1.62. The molecule has 0 spiro atoms. The molecule has 0 atom stereocenters. The van der Waals surface area contributed by atoms with Crippen molar-refractivity contribution in [1.29, 1.82) is 0 Å². The summed E-state index contributed by atoms with van der Waals surface area (Å²) in [6.07, 6.45) is -3.21. The topological polar surface area (TPSA) is 73.2 Å². The van der Waals surface area contributed by atoms with Crippen molar-refractivity contribution in [2.75, 3.05) is 7.05 Å². The van der Waals surface area contributed by atoms with Gasteiger partial charge in [-0.05, 0) is 18.2 Å². The fraction of sp³-hybridized carbons (Fsp3) is 0.154. The van der Waals surface area contributed by atoms with Crippen LogP contribution in [0.4, 0.5) is 18.0 Å². The molecule has 1 amide bonds. The predicted molar refractivity (Wildman–Crippen MR) is 69.9 cm³/mol. The van der Waals surface area contributed by atoms with Gasteiger partial charge in [0.2, 0.25) is 0 Å². The number of hydrogen-bond donors (Lipinski definition) is 1. The van der Waals surface area contributed by atoms with Crippen LogP contribution in [-0.2, 0) is 6.18 Å². The van der Waals surface area contributed by atoms with E-state index in [0.29, 0.717) is 0 Å². The van der Waals surface area contributed by atoms with E-state index < -0.39 is 23.5 Å². The van der Waals surface area contributed by atoms with Crippen LogP contribution in [0.5, 0.6) is 5.75 Å². The van der Waals surface area contributed by atoms with Gasteiger partial charge in [0, 0.05) is 25.5 Å². The van der Waals surface area contributed by atoms with Crippen LogP contribution in [-0.4, -0.2) is 22.7 Å². The van der Waals surface area contributed by atoms with Crippen LogP contribution in [0.3, 0.4) is 0 Å². The Morgan fingerprint density at radius 1 is 1.32 bits per heavy atom. The van der Waals surface area contributed by atoms with Gasteiger partial charge in [0.1, 0.15) is 11.4 Å². The zero-order valence-electron chi connectivity index (χ0n) is 11.2. The van der Waals surface area contributed by atoms with Gasteiger partial charge in [-0.25, -0.2) is 4.79 Å². The molecule has 0 aliphatic rings. The highest BCUT2D eigenvalue weighted by molar-refractivity contribution is 5.69. The Bertz CT molecular complexity index is 756. The summed E-state index contributed by atoms with van der Waals surface area (Å²) in [5.74, 6) is -0.0225. The van der Waals surface area contributed by atoms with E-state index in [2.05, 4.69) is 10.3 Å². The van der Waals surface area contributed by atoms with Crippen molar-refractivity contribution in [3.8, 4) is 11.4 Å². The molecule has 0 bridgehead atoms. The summed E-state index contributed by atoms with van der Waals surface area (Å²) in [7, 11) is 1.35. The van der Waals surface area contributed by atoms with Crippen LogP contribution < -0.4 is 15.6 Å². The first-order chi connectivity index (χ1) is 10.3. The molecule has 0 aliphatic carbocycles. The Hall–Kier alpha value is -2.84. The molecule has 9 heteroatoms. The minimum atomic E-state index is -4.61. The van der Waals surface area contributed by atoms with Gasteiger partial charge in [-0.1, -0.05) is 0 Å². The third-order valence-corrected chi connectivity index (χ3v) is 2.62. The first-order valence-corrected chi connectivity index (χ1v) is 5.97. The molecule has 0 fully saturated rings. The second kappa shape index (κ2) is 5.88. The number of pyridine rings is 2. The highest BCUT2D eigenvalue weighted by Crippen LogP contribution is 2.28. The molecule has 6 nitrogen and oxygen atoms in total. The van der Waals surface area contributed by atoms with E-state index >= 15 is 0 Å². The molecule has 2 rings (SSSR count). The van der Waals surface area contributed by atoms with E-state index in [1.165, 1.54) is 25.4 Å². The lowest BCUT2D eigenvalue weighted by Gasteiger charge is -2.10. The largest absolute Gasteiger partial charge is 0.433 e. The Kier molecular flexibility index (Phi) is 4.15. The smallest absolute Gasteiger partial charge is 0.410 e. The number of ether oxygens (including phenoxy) is 1. The summed E-state index contributed by atoms with van der Waals surface area (Å²) in [4.78, 5) is 26.2. The number of hydrogen-bond acceptors (Lipinski definition) is 4. The van der Waals surface area contributed by atoms with Crippen molar-refractivity contribution < 1.29 is 22.7 Å². The Morgan fingerprint density at radius 2 is 2.05 bits per heavy atom. The monoisotopic (exact) mass is 313 g/mol. The standard InChI is InChI=1S/C13H10F3N3O3/c1-17-12(21)22-9-3-5-19(11(20)7-9)8-2-4-18-10(6-8)13(14,15)16/h2-7H,1H3,(H,17,21). The van der Waals surface area contributed by atoms with Crippen molar-refractivity contribution in [2.45, 2.75) is 6.18 Å². The summed E-state index contributed by atoms with van der Waals surface area (Å²) in [6.45, 7) is 0. The average Bonchev–Trinajstić information content (AvgIpc) is 2.46. The van der Waals surface area contributed by atoms with Crippen molar-refractivity contribution in [3.63, 3.8) is 0 Å². The number of amides is 1. The molecule has 22 heavy (non-hydrogen) atoms. The molecule has 0 saturated carbocycles. The number of alkyl halides is 3. The van der Waals surface area contributed by atoms with E-state index in [-0.39, 0.29) is 11.4 Å². The van der Waals surface area contributed by atoms with Crippen LogP contribution in [0.1, 0.15) is 5.69 Å². The van der Waals surface area contributed by atoms with Crippen LogP contribution in [0, 0.1) is 0 Å². The number of nitrogens with one attached hydrogen (secondary N) is 1. The number of nitrogens with zero attached hydrogens (tertiary/aromatic N) is 2. The molecule has 0 aromatic carbocycles. The molecule has 2 aromatic heterocycles. The van der Waals surface area contributed by atoms with Crippen molar-refractivity contribution in [2.24, 2.45) is 0 Å². The maximum atomic E-state index is 12.6. The van der Waals surface area contributed by atoms with Crippen LogP contribution >= 0.6 is 0 Å². The Balaban J connectivity index is 2.38. The third-order valence-electron chi connectivity index (χ3n) is 2.62. The highest BCUT2D eigenvalue weighted by atomic mass is 19.4. The van der Waals surface area contributed by atoms with Crippen LogP contribution in [0.15, 0.2) is 41.5 Å². The normalized spacial score (nSPS) is 11.1. The molecule has 0 radical (unpaired) electrons. The SMILES string of the molecule is CNC(=O)Oc1ccn(-c2ccnc(C(F)(F)F)c2)c(=O)c1. The maximum Gasteiger partial charge on any atom is 0.433 e. The summed E-state index contributed by atoms with van der Waals surface area (Å²) in [6, 6.07) is 4.28. The van der Waals surface area contributed by atoms with Crippen LogP contribution in [0.2, 0.25) is 0 Å². The molecule has 0 saturated heterocycles. The number of carbonyl (C=O) groups is 1. The third kappa shape index (κ3) is 3.43. The number of halogens is 3. The highest BCUT2D eigenvalue weighted by Gasteiger charge is 2.32. The van der Waals surface area contributed by atoms with E-state index in [1.807, 2.05) is 0 Å². The van der Waals surface area contributed by atoms with Gasteiger partial charge < -0.3 is 10.1 Å². The van der Waals surface area contributed by atoms with E-state index in [4.69, 9.17) is 4.74 Å². The van der Waals surface area contributed by atoms with E-state index in [0.717, 1.165) is 22.9 Å². The fourth-order valence-corrected chi connectivity index (χ4v) is 1.62. The van der Waals surface area contributed by atoms with Gasteiger partial charge in [-0.2, -0.15) is 13.2 Å². The zero-order valence-corrected chi connectivity index (χ0v) is 11.2. The number of aromatic nitrogens is 2. The molecular formula is C13H10F3N3O3. The van der Waals surface area contributed by atoms with Gasteiger partial charge in [0.25, 0.3) is 5.56 Å². The molecule has 0 aliphatic heterocycles. The summed E-state index contributed by atoms with van der Waals surface area (Å²) < 4.78 is 43.6. The van der Waals surface area contributed by atoms with Gasteiger partial charge in [-0.15, -0.1) is 0 Å². The number of rotatable bonds is 2. The minimum Gasteiger partial charge on any atom is -0.410 e. The summed E-state index contributed by atoms with van der Waals surface area (Å²) >= 11 is 0. The van der Waals surface area contributed by atoms with Crippen molar-refractivity contribution >= 4 is 6.09 Å². The molecule has 1 N–H and O–H groups in total. The number of carbonyl (C=O) groups excluding carboxylic acids is 1. The van der Waals surface area contributed by atoms with Gasteiger partial charge in [0.15, 0.2) is 0 Å². The quantitative estimate of drug-likeness (QED) is 0.920. The predicted octanol–water partition coefficient (Wildman–Crippen LogP) is 1.97. The Morgan fingerprint density at radius 3 is 2.64 bits per heavy atom. The lowest BCUT2D eigenvalue weighted by molar-refractivity contribution is -0.141. The van der Waals surface area contributed by atoms with Crippen molar-refractivity contribution in [3.05, 3.63) is 52.7 Å². The first kappa shape index (κ1) is 15.5. The van der Waals surface area contributed by atoms with E-state index in [9.17, 15) is 22.8 Å². The summed E-state index contributed by atoms with van der Waals surface area (Å²) in [5, 5.41) is 2.20. The lowest BCUT2D eigenvalue weighted by atomic mass is 10.3. The average molecular weight is 313 g/mol. The second-order valence-electron chi connectivity index (χ2n) is 4.11. The second-order valence-corrected chi connectivity index (χ2v) is 4.11. The lowest BCUT2D eigenvalue weighted by Crippen LogP contribution is -2.24. The molecule has 116 valence electrons. The molecule has 2 heterocycles. The Labute approximate surface area is 122 Å². The maximum absolute atomic E-state index is 12.6. The zero-order chi connectivity index (χ0) is 16.3. The van der Waals surface area contributed by atoms with E-state index in [1.54, 1.807) is 0 Å². The molecule has 0 unspecified atom stereocenters. The van der Waals surface area contributed by atoms with Gasteiger partial charge >= 0.3 is 12.3 Å². The molecular weight excluding hydrogens is 303 g/mol. The minimum absolute atomic E-state index is 0.00109. The van der Waals surface area contributed by atoms with Gasteiger partial charge in [-0.3, -0.25) is 14.3 Å². The molecule has 2 aromatic rings.